The van der Waals surface area contributed by atoms with E-state index in [1.54, 1.807) is 5.57 Å². The predicted octanol–water partition coefficient (Wildman–Crippen LogP) is 3.14. The van der Waals surface area contributed by atoms with Gasteiger partial charge in [0, 0.05) is 0 Å². The number of hydrogen-bond acceptors (Lipinski definition) is 0. The number of fused-ring (bicyclic) bond motifs is 1. The lowest BCUT2D eigenvalue weighted by Gasteiger charge is -2.26. The molecule has 56 valence electrons. The largest absolute Gasteiger partial charge is 0.0850 e. The Balaban J connectivity index is 2.08. The van der Waals surface area contributed by atoms with E-state index in [4.69, 9.17) is 0 Å². The molecule has 0 spiro atoms. The van der Waals surface area contributed by atoms with Crippen LogP contribution in [0.1, 0.15) is 39.0 Å². The maximum Gasteiger partial charge on any atom is -0.0175 e. The van der Waals surface area contributed by atoms with Crippen LogP contribution in [0.5, 0.6) is 0 Å². The molecule has 2 aliphatic rings. The van der Waals surface area contributed by atoms with Gasteiger partial charge in [0.25, 0.3) is 0 Å². The molecule has 2 atom stereocenters. The number of rotatable bonds is 0. The predicted molar refractivity (Wildman–Crippen MR) is 43.8 cm³/mol. The Bertz CT molecular complexity index is 155. The molecule has 0 amide bonds. The maximum absolute atomic E-state index is 2.46. The number of allylic oxidation sites excluding steroid dienone is 2. The van der Waals surface area contributed by atoms with Crippen LogP contribution in [0.4, 0.5) is 0 Å². The van der Waals surface area contributed by atoms with Crippen molar-refractivity contribution >= 4 is 0 Å². The van der Waals surface area contributed by atoms with Gasteiger partial charge >= 0.3 is 0 Å². The Hall–Kier alpha value is -0.260. The van der Waals surface area contributed by atoms with Crippen LogP contribution in [0.3, 0.4) is 0 Å². The van der Waals surface area contributed by atoms with E-state index < -0.39 is 0 Å². The Morgan fingerprint density at radius 3 is 2.90 bits per heavy atom. The Kier molecular flexibility index (Phi) is 1.55. The average Bonchev–Trinajstić information content (AvgIpc) is 2.34. The van der Waals surface area contributed by atoms with E-state index in [1.165, 1.54) is 32.1 Å². The van der Waals surface area contributed by atoms with Gasteiger partial charge in [0.15, 0.2) is 0 Å². The SMILES string of the molecule is CC1=CC[C@@H]2CCCC[C@H]12. The van der Waals surface area contributed by atoms with Crippen molar-refractivity contribution in [1.29, 1.82) is 0 Å². The summed E-state index contributed by atoms with van der Waals surface area (Å²) in [5, 5.41) is 0. The minimum Gasteiger partial charge on any atom is -0.0850 e. The second kappa shape index (κ2) is 2.41. The van der Waals surface area contributed by atoms with Crippen LogP contribution in [-0.2, 0) is 0 Å². The van der Waals surface area contributed by atoms with Crippen molar-refractivity contribution in [2.45, 2.75) is 39.0 Å². The summed E-state index contributed by atoms with van der Waals surface area (Å²) < 4.78 is 0. The molecule has 0 nitrogen and oxygen atoms in total. The Labute approximate surface area is 63.3 Å². The molecule has 0 unspecified atom stereocenters. The Morgan fingerprint density at radius 2 is 2.10 bits per heavy atom. The molecule has 1 fully saturated rings. The van der Waals surface area contributed by atoms with Crippen molar-refractivity contribution in [1.82, 2.24) is 0 Å². The molecule has 2 rings (SSSR count). The molecular weight excluding hydrogens is 120 g/mol. The second-order valence-electron chi connectivity index (χ2n) is 3.83. The highest BCUT2D eigenvalue weighted by molar-refractivity contribution is 5.13. The molecule has 0 bridgehead atoms. The third-order valence-electron chi connectivity index (χ3n) is 3.24. The molecule has 2 aliphatic carbocycles. The van der Waals surface area contributed by atoms with Gasteiger partial charge in [0.2, 0.25) is 0 Å². The second-order valence-corrected chi connectivity index (χ2v) is 3.83. The summed E-state index contributed by atoms with van der Waals surface area (Å²) in [4.78, 5) is 0. The van der Waals surface area contributed by atoms with Crippen LogP contribution in [0.15, 0.2) is 11.6 Å². The van der Waals surface area contributed by atoms with Gasteiger partial charge in [-0.25, -0.2) is 0 Å². The van der Waals surface area contributed by atoms with Crippen molar-refractivity contribution in [3.05, 3.63) is 11.6 Å². The molecular formula is C10H16. The fourth-order valence-electron chi connectivity index (χ4n) is 2.58. The van der Waals surface area contributed by atoms with E-state index in [0.29, 0.717) is 0 Å². The van der Waals surface area contributed by atoms with Crippen LogP contribution in [0.25, 0.3) is 0 Å². The fraction of sp³-hybridized carbons (Fsp3) is 0.800. The first-order chi connectivity index (χ1) is 4.88. The molecule has 0 aromatic rings. The highest BCUT2D eigenvalue weighted by Gasteiger charge is 2.28. The summed E-state index contributed by atoms with van der Waals surface area (Å²) in [6, 6.07) is 0. The monoisotopic (exact) mass is 136 g/mol. The lowest BCUT2D eigenvalue weighted by molar-refractivity contribution is 0.294. The quantitative estimate of drug-likeness (QED) is 0.449. The van der Waals surface area contributed by atoms with Gasteiger partial charge in [-0.3, -0.25) is 0 Å². The molecule has 1 saturated carbocycles. The maximum atomic E-state index is 2.46. The smallest absolute Gasteiger partial charge is 0.0175 e. The summed E-state index contributed by atoms with van der Waals surface area (Å²) in [7, 11) is 0. The van der Waals surface area contributed by atoms with Gasteiger partial charge in [0.05, 0.1) is 0 Å². The van der Waals surface area contributed by atoms with Gasteiger partial charge in [-0.2, -0.15) is 0 Å². The zero-order valence-corrected chi connectivity index (χ0v) is 6.77. The standard InChI is InChI=1S/C10H16/c1-8-6-7-9-4-2-3-5-10(8)9/h6,9-10H,2-5,7H2,1H3/t9-,10+/m0/s1. The van der Waals surface area contributed by atoms with Crippen LogP contribution in [0.2, 0.25) is 0 Å². The van der Waals surface area contributed by atoms with Crippen LogP contribution >= 0.6 is 0 Å². The van der Waals surface area contributed by atoms with Gasteiger partial charge in [-0.1, -0.05) is 24.5 Å². The third kappa shape index (κ3) is 0.902. The first-order valence-electron chi connectivity index (χ1n) is 4.54. The summed E-state index contributed by atoms with van der Waals surface area (Å²) in [5.74, 6) is 2.04. The van der Waals surface area contributed by atoms with Crippen LogP contribution < -0.4 is 0 Å². The summed E-state index contributed by atoms with van der Waals surface area (Å²) >= 11 is 0. The van der Waals surface area contributed by atoms with Gasteiger partial charge < -0.3 is 0 Å². The van der Waals surface area contributed by atoms with E-state index in [0.717, 1.165) is 11.8 Å². The fourth-order valence-corrected chi connectivity index (χ4v) is 2.58. The highest BCUT2D eigenvalue weighted by Crippen LogP contribution is 2.41. The molecule has 0 saturated heterocycles. The molecule has 0 heterocycles. The normalized spacial score (nSPS) is 39.1. The zero-order valence-electron chi connectivity index (χ0n) is 6.77. The van der Waals surface area contributed by atoms with E-state index in [9.17, 15) is 0 Å². The summed E-state index contributed by atoms with van der Waals surface area (Å²) in [6.07, 6.45) is 9.79. The third-order valence-corrected chi connectivity index (χ3v) is 3.24. The van der Waals surface area contributed by atoms with Gasteiger partial charge in [-0.15, -0.1) is 0 Å². The minimum absolute atomic E-state index is 0.994. The van der Waals surface area contributed by atoms with Gasteiger partial charge in [-0.05, 0) is 38.0 Å². The van der Waals surface area contributed by atoms with E-state index in [-0.39, 0.29) is 0 Å². The summed E-state index contributed by atoms with van der Waals surface area (Å²) in [6.45, 7) is 2.32. The molecule has 0 aromatic heterocycles. The molecule has 0 N–H and O–H groups in total. The first-order valence-corrected chi connectivity index (χ1v) is 4.54. The molecule has 0 radical (unpaired) electrons. The van der Waals surface area contributed by atoms with E-state index >= 15 is 0 Å². The van der Waals surface area contributed by atoms with Gasteiger partial charge in [0.1, 0.15) is 0 Å². The topological polar surface area (TPSA) is 0 Å². The minimum atomic E-state index is 0.994. The molecule has 0 aromatic carbocycles. The lowest BCUT2D eigenvalue weighted by Crippen LogP contribution is -2.15. The molecule has 10 heavy (non-hydrogen) atoms. The first kappa shape index (κ1) is 6.45. The summed E-state index contributed by atoms with van der Waals surface area (Å²) in [5.41, 5.74) is 1.68. The van der Waals surface area contributed by atoms with Crippen molar-refractivity contribution in [3.8, 4) is 0 Å². The van der Waals surface area contributed by atoms with Crippen molar-refractivity contribution in [2.75, 3.05) is 0 Å². The van der Waals surface area contributed by atoms with Crippen LogP contribution in [0, 0.1) is 11.8 Å². The zero-order chi connectivity index (χ0) is 6.97. The molecule has 0 heteroatoms. The van der Waals surface area contributed by atoms with Crippen molar-refractivity contribution in [3.63, 3.8) is 0 Å². The van der Waals surface area contributed by atoms with E-state index in [2.05, 4.69) is 13.0 Å². The van der Waals surface area contributed by atoms with Crippen molar-refractivity contribution < 1.29 is 0 Å². The lowest BCUT2D eigenvalue weighted by atomic mass is 9.79. The van der Waals surface area contributed by atoms with Crippen LogP contribution in [-0.4, -0.2) is 0 Å². The van der Waals surface area contributed by atoms with E-state index in [1.807, 2.05) is 0 Å². The highest BCUT2D eigenvalue weighted by atomic mass is 14.3. The Morgan fingerprint density at radius 1 is 1.30 bits per heavy atom. The van der Waals surface area contributed by atoms with Crippen molar-refractivity contribution in [2.24, 2.45) is 11.8 Å². The number of hydrogen-bond donors (Lipinski definition) is 0. The molecule has 0 aliphatic heterocycles. The average molecular weight is 136 g/mol.